The molecule has 0 unspecified atom stereocenters. The van der Waals surface area contributed by atoms with Gasteiger partial charge in [0.25, 0.3) is 5.56 Å². The van der Waals surface area contributed by atoms with Crippen molar-refractivity contribution < 1.29 is 4.79 Å². The summed E-state index contributed by atoms with van der Waals surface area (Å²) in [5.74, 6) is 1.33. The van der Waals surface area contributed by atoms with Gasteiger partial charge in [-0.05, 0) is 68.4 Å². The minimum Gasteiger partial charge on any atom is -0.337 e. The molecule has 41 heavy (non-hydrogen) atoms. The molecule has 4 aromatic rings. The monoisotopic (exact) mass is 553 g/mol. The Morgan fingerprint density at radius 3 is 2.39 bits per heavy atom. The fraction of sp³-hybridized carbons (Fsp3) is 0.438. The molecule has 1 amide bonds. The van der Waals surface area contributed by atoms with E-state index in [1.807, 2.05) is 48.2 Å². The molecule has 2 aromatic heterocycles. The van der Waals surface area contributed by atoms with Crippen molar-refractivity contribution in [2.24, 2.45) is 0 Å². The molecule has 0 bridgehead atoms. The van der Waals surface area contributed by atoms with Crippen molar-refractivity contribution in [3.63, 3.8) is 0 Å². The fourth-order valence-corrected chi connectivity index (χ4v) is 5.98. The Morgan fingerprint density at radius 1 is 1.02 bits per heavy atom. The minimum atomic E-state index is -0.110. The molecule has 9 heteroatoms. The van der Waals surface area contributed by atoms with Gasteiger partial charge >= 0.3 is 0 Å². The van der Waals surface area contributed by atoms with E-state index in [2.05, 4.69) is 53.5 Å². The number of H-pyrrole nitrogens is 1. The highest BCUT2D eigenvalue weighted by molar-refractivity contribution is 5.80. The summed E-state index contributed by atoms with van der Waals surface area (Å²) in [7, 11) is 0. The van der Waals surface area contributed by atoms with Gasteiger partial charge in [-0.1, -0.05) is 61.9 Å². The maximum atomic E-state index is 14.0. The number of aryl methyl sites for hydroxylation is 2. The Kier molecular flexibility index (Phi) is 8.71. The summed E-state index contributed by atoms with van der Waals surface area (Å²) in [6, 6.07) is 16.5. The lowest BCUT2D eigenvalue weighted by atomic mass is 9.96. The average Bonchev–Trinajstić information content (AvgIpc) is 3.51. The molecule has 9 nitrogen and oxygen atoms in total. The van der Waals surface area contributed by atoms with Gasteiger partial charge in [0, 0.05) is 35.3 Å². The van der Waals surface area contributed by atoms with E-state index in [0.717, 1.165) is 66.6 Å². The number of piperidine rings is 1. The van der Waals surface area contributed by atoms with Crippen LogP contribution in [0.4, 0.5) is 0 Å². The third kappa shape index (κ3) is 6.14. The van der Waals surface area contributed by atoms with Gasteiger partial charge in [-0.25, -0.2) is 4.98 Å². The summed E-state index contributed by atoms with van der Waals surface area (Å²) in [5.41, 5.74) is 4.96. The second-order valence-electron chi connectivity index (χ2n) is 11.2. The number of benzene rings is 2. The van der Waals surface area contributed by atoms with Crippen LogP contribution in [0.5, 0.6) is 0 Å². The molecule has 0 spiro atoms. The van der Waals surface area contributed by atoms with Gasteiger partial charge in [0.2, 0.25) is 11.7 Å². The minimum absolute atomic E-state index is 0.0178. The fourth-order valence-electron chi connectivity index (χ4n) is 5.98. The number of nitrogens with zero attached hydrogens (tertiary/aromatic N) is 6. The van der Waals surface area contributed by atoms with Gasteiger partial charge < -0.3 is 4.90 Å². The molecule has 214 valence electrons. The highest BCUT2D eigenvalue weighted by Gasteiger charge is 2.30. The maximum Gasteiger partial charge on any atom is 0.257 e. The molecule has 2 aromatic carbocycles. The lowest BCUT2D eigenvalue weighted by molar-refractivity contribution is -0.136. The normalized spacial score (nSPS) is 17.1. The van der Waals surface area contributed by atoms with Crippen LogP contribution in [0.25, 0.3) is 22.5 Å². The summed E-state index contributed by atoms with van der Waals surface area (Å²) in [6.07, 6.45) is 5.90. The quantitative estimate of drug-likeness (QED) is 0.308. The van der Waals surface area contributed by atoms with E-state index in [0.29, 0.717) is 23.6 Å². The van der Waals surface area contributed by atoms with Crippen molar-refractivity contribution in [1.82, 2.24) is 35.1 Å². The molecule has 1 aliphatic rings. The molecule has 0 saturated carbocycles. The van der Waals surface area contributed by atoms with Crippen LogP contribution in [-0.4, -0.2) is 53.1 Å². The second kappa shape index (κ2) is 12.6. The Hall–Kier alpha value is -4.14. The molecule has 5 rings (SSSR count). The zero-order valence-electron chi connectivity index (χ0n) is 24.4. The third-order valence-electron chi connectivity index (χ3n) is 8.23. The van der Waals surface area contributed by atoms with Crippen molar-refractivity contribution in [2.45, 2.75) is 91.3 Å². The number of likely N-dealkylation sites (tertiary alicyclic amines) is 1. The van der Waals surface area contributed by atoms with Crippen LogP contribution in [0.15, 0.2) is 53.3 Å². The van der Waals surface area contributed by atoms with Gasteiger partial charge in [-0.15, -0.1) is 10.2 Å². The predicted octanol–water partition coefficient (Wildman–Crippen LogP) is 5.12. The number of hydrogen-bond acceptors (Lipinski definition) is 6. The van der Waals surface area contributed by atoms with Crippen LogP contribution in [0.1, 0.15) is 75.5 Å². The van der Waals surface area contributed by atoms with Gasteiger partial charge in [0.1, 0.15) is 5.82 Å². The number of aromatic nitrogens is 6. The van der Waals surface area contributed by atoms with Crippen LogP contribution in [0.3, 0.4) is 0 Å². The first kappa shape index (κ1) is 28.4. The van der Waals surface area contributed by atoms with E-state index < -0.39 is 0 Å². The van der Waals surface area contributed by atoms with Crippen LogP contribution < -0.4 is 5.56 Å². The topological polar surface area (TPSA) is 110 Å². The summed E-state index contributed by atoms with van der Waals surface area (Å²) < 4.78 is 1.77. The Morgan fingerprint density at radius 2 is 1.73 bits per heavy atom. The van der Waals surface area contributed by atoms with Crippen molar-refractivity contribution in [3.8, 4) is 22.5 Å². The van der Waals surface area contributed by atoms with E-state index in [1.165, 1.54) is 0 Å². The molecular formula is C32H39N7O2. The Balaban J connectivity index is 1.44. The molecule has 3 heterocycles. The molecule has 1 saturated heterocycles. The number of carbonyl (C=O) groups excluding carboxylic acids is 1. The van der Waals surface area contributed by atoms with Crippen molar-refractivity contribution in [1.29, 1.82) is 0 Å². The van der Waals surface area contributed by atoms with E-state index in [-0.39, 0.29) is 30.0 Å². The molecule has 0 radical (unpaired) electrons. The van der Waals surface area contributed by atoms with Crippen LogP contribution in [0, 0.1) is 6.92 Å². The van der Waals surface area contributed by atoms with Gasteiger partial charge in [0.05, 0.1) is 13.0 Å². The molecule has 0 aliphatic carbocycles. The molecule has 1 N–H and O–H groups in total. The highest BCUT2D eigenvalue weighted by atomic mass is 16.2. The zero-order valence-corrected chi connectivity index (χ0v) is 24.4. The van der Waals surface area contributed by atoms with Crippen LogP contribution in [-0.2, 0) is 24.2 Å². The number of rotatable bonds is 9. The average molecular weight is 554 g/mol. The third-order valence-corrected chi connectivity index (χ3v) is 8.23. The highest BCUT2D eigenvalue weighted by Crippen LogP contribution is 2.30. The molecule has 1 aliphatic heterocycles. The number of amides is 1. The van der Waals surface area contributed by atoms with Crippen molar-refractivity contribution in [3.05, 3.63) is 81.5 Å². The summed E-state index contributed by atoms with van der Waals surface area (Å²) in [5, 5.41) is 14.5. The number of carbonyl (C=O) groups is 1. The van der Waals surface area contributed by atoms with Crippen LogP contribution >= 0.6 is 0 Å². The van der Waals surface area contributed by atoms with Crippen molar-refractivity contribution in [2.75, 3.05) is 0 Å². The lowest BCUT2D eigenvalue weighted by Crippen LogP contribution is -2.48. The number of aromatic amines is 1. The number of nitrogens with one attached hydrogen (secondary N) is 1. The number of hydrogen-bond donors (Lipinski definition) is 1. The lowest BCUT2D eigenvalue weighted by Gasteiger charge is -2.39. The van der Waals surface area contributed by atoms with Gasteiger partial charge in [0.15, 0.2) is 0 Å². The van der Waals surface area contributed by atoms with Crippen LogP contribution in [0.2, 0.25) is 0 Å². The Labute approximate surface area is 241 Å². The second-order valence-corrected chi connectivity index (χ2v) is 11.2. The number of unbranched alkanes of at least 4 members (excludes halogenated alkanes) is 1. The van der Waals surface area contributed by atoms with Gasteiger partial charge in [-0.2, -0.15) is 5.21 Å². The molecule has 2 atom stereocenters. The standard InChI is InChI=1S/C32H39N7O2/c1-5-6-14-29-33-23(4)28(19-30(40)39-21(2)10-9-11-22(39)3)32(41)38(29)20-24-15-17-25(18-16-24)26-12-7-8-13-27(26)31-34-36-37-35-31/h7-8,12-13,15-18,21-22H,5-6,9-11,14,19-20H2,1-4H3,(H,34,35,36,37)/t21-,22+. The zero-order chi connectivity index (χ0) is 28.9. The predicted molar refractivity (Wildman–Crippen MR) is 159 cm³/mol. The largest absolute Gasteiger partial charge is 0.337 e. The molecular weight excluding hydrogens is 514 g/mol. The van der Waals surface area contributed by atoms with Crippen molar-refractivity contribution >= 4 is 5.91 Å². The molecule has 1 fully saturated rings. The van der Waals surface area contributed by atoms with E-state index in [9.17, 15) is 9.59 Å². The number of tetrazole rings is 1. The first-order valence-corrected chi connectivity index (χ1v) is 14.7. The smallest absolute Gasteiger partial charge is 0.257 e. The summed E-state index contributed by atoms with van der Waals surface area (Å²) in [6.45, 7) is 8.61. The maximum absolute atomic E-state index is 14.0. The first-order chi connectivity index (χ1) is 19.9. The Bertz CT molecular complexity index is 1530. The SMILES string of the molecule is CCCCc1nc(C)c(CC(=O)N2[C@H](C)CCC[C@@H]2C)c(=O)n1Cc1ccc(-c2ccccc2-c2nn[nH]n2)cc1. The summed E-state index contributed by atoms with van der Waals surface area (Å²) in [4.78, 5) is 34.2. The van der Waals surface area contributed by atoms with E-state index >= 15 is 0 Å². The first-order valence-electron chi connectivity index (χ1n) is 14.7. The van der Waals surface area contributed by atoms with E-state index in [1.54, 1.807) is 4.57 Å². The van der Waals surface area contributed by atoms with E-state index in [4.69, 9.17) is 4.98 Å². The summed E-state index contributed by atoms with van der Waals surface area (Å²) >= 11 is 0. The van der Waals surface area contributed by atoms with Gasteiger partial charge in [-0.3, -0.25) is 14.2 Å².